The van der Waals surface area contributed by atoms with Crippen molar-refractivity contribution in [3.05, 3.63) is 29.3 Å². The minimum atomic E-state index is 0. The first-order chi connectivity index (χ1) is 9.08. The maximum atomic E-state index is 10.2. The molecule has 1 saturated heterocycles. The molecule has 0 saturated carbocycles. The van der Waals surface area contributed by atoms with E-state index >= 15 is 0 Å². The van der Waals surface area contributed by atoms with Crippen molar-refractivity contribution in [3.8, 4) is 5.75 Å². The van der Waals surface area contributed by atoms with Crippen molar-refractivity contribution in [3.63, 3.8) is 0 Å². The summed E-state index contributed by atoms with van der Waals surface area (Å²) < 4.78 is 0. The number of nitrogens with zero attached hydrogens (tertiary/aromatic N) is 1. The van der Waals surface area contributed by atoms with Crippen LogP contribution in [0.25, 0.3) is 0 Å². The Morgan fingerprint density at radius 3 is 2.38 bits per heavy atom. The zero-order valence-electron chi connectivity index (χ0n) is 13.1. The predicted molar refractivity (Wildman–Crippen MR) is 94.0 cm³/mol. The highest BCUT2D eigenvalue weighted by molar-refractivity contribution is 5.85. The Kier molecular flexibility index (Phi) is 9.30. The van der Waals surface area contributed by atoms with Gasteiger partial charge >= 0.3 is 0 Å². The SMILES string of the molecule is Cc1ccc(O)c([C@H](CC(C)C)N2CCNCC2)c1.Cl.Cl. The second-order valence-corrected chi connectivity index (χ2v) is 5.99. The van der Waals surface area contributed by atoms with Crippen molar-refractivity contribution in [1.82, 2.24) is 10.2 Å². The number of phenols is 1. The Balaban J connectivity index is 0.00000200. The van der Waals surface area contributed by atoms with Crippen molar-refractivity contribution in [2.24, 2.45) is 5.92 Å². The van der Waals surface area contributed by atoms with Crippen LogP contribution in [0, 0.1) is 12.8 Å². The van der Waals surface area contributed by atoms with E-state index in [1.54, 1.807) is 0 Å². The molecule has 1 aliphatic rings. The van der Waals surface area contributed by atoms with Gasteiger partial charge in [-0.3, -0.25) is 4.90 Å². The van der Waals surface area contributed by atoms with Crippen LogP contribution in [0.4, 0.5) is 0 Å². The normalized spacial score (nSPS) is 17.0. The molecule has 0 bridgehead atoms. The molecular formula is C16H28Cl2N2O. The molecule has 1 fully saturated rings. The molecule has 5 heteroatoms. The molecular weight excluding hydrogens is 307 g/mol. The van der Waals surface area contributed by atoms with Crippen LogP contribution in [-0.2, 0) is 0 Å². The summed E-state index contributed by atoms with van der Waals surface area (Å²) in [5.41, 5.74) is 2.31. The lowest BCUT2D eigenvalue weighted by molar-refractivity contribution is 0.151. The number of halogens is 2. The molecule has 0 aromatic heterocycles. The molecule has 0 spiro atoms. The van der Waals surface area contributed by atoms with Crippen LogP contribution in [0.2, 0.25) is 0 Å². The van der Waals surface area contributed by atoms with Gasteiger partial charge in [-0.25, -0.2) is 0 Å². The average molecular weight is 335 g/mol. The van der Waals surface area contributed by atoms with E-state index in [-0.39, 0.29) is 24.8 Å². The highest BCUT2D eigenvalue weighted by Gasteiger charge is 2.25. The van der Waals surface area contributed by atoms with Gasteiger partial charge in [0.1, 0.15) is 5.75 Å². The molecule has 21 heavy (non-hydrogen) atoms. The van der Waals surface area contributed by atoms with Gasteiger partial charge in [-0.2, -0.15) is 0 Å². The van der Waals surface area contributed by atoms with Crippen LogP contribution in [0.1, 0.15) is 37.4 Å². The molecule has 2 N–H and O–H groups in total. The van der Waals surface area contributed by atoms with Crippen molar-refractivity contribution >= 4 is 24.8 Å². The Morgan fingerprint density at radius 1 is 1.19 bits per heavy atom. The molecule has 1 heterocycles. The van der Waals surface area contributed by atoms with Crippen molar-refractivity contribution < 1.29 is 5.11 Å². The summed E-state index contributed by atoms with van der Waals surface area (Å²) in [6.07, 6.45) is 1.09. The van der Waals surface area contributed by atoms with E-state index in [0.29, 0.717) is 17.7 Å². The summed E-state index contributed by atoms with van der Waals surface area (Å²) in [5, 5.41) is 13.6. The lowest BCUT2D eigenvalue weighted by Gasteiger charge is -2.36. The highest BCUT2D eigenvalue weighted by atomic mass is 35.5. The first kappa shape index (κ1) is 20.5. The molecule has 1 aromatic carbocycles. The van der Waals surface area contributed by atoms with Gasteiger partial charge in [0.15, 0.2) is 0 Å². The summed E-state index contributed by atoms with van der Waals surface area (Å²) in [4.78, 5) is 2.50. The van der Waals surface area contributed by atoms with Crippen LogP contribution in [0.15, 0.2) is 18.2 Å². The Labute approximate surface area is 140 Å². The monoisotopic (exact) mass is 334 g/mol. The van der Waals surface area contributed by atoms with Crippen molar-refractivity contribution in [2.75, 3.05) is 26.2 Å². The minimum Gasteiger partial charge on any atom is -0.508 e. The molecule has 122 valence electrons. The van der Waals surface area contributed by atoms with E-state index in [9.17, 15) is 5.11 Å². The Bertz CT molecular complexity index is 421. The smallest absolute Gasteiger partial charge is 0.120 e. The first-order valence-electron chi connectivity index (χ1n) is 7.32. The van der Waals surface area contributed by atoms with E-state index in [4.69, 9.17) is 0 Å². The third-order valence-corrected chi connectivity index (χ3v) is 3.83. The van der Waals surface area contributed by atoms with Crippen LogP contribution in [-0.4, -0.2) is 36.2 Å². The molecule has 1 aromatic rings. The fraction of sp³-hybridized carbons (Fsp3) is 0.625. The average Bonchev–Trinajstić information content (AvgIpc) is 2.40. The zero-order chi connectivity index (χ0) is 13.8. The Morgan fingerprint density at radius 2 is 1.81 bits per heavy atom. The molecule has 0 unspecified atom stereocenters. The van der Waals surface area contributed by atoms with Gasteiger partial charge in [0, 0.05) is 37.8 Å². The zero-order valence-corrected chi connectivity index (χ0v) is 14.8. The fourth-order valence-corrected chi connectivity index (χ4v) is 2.85. The van der Waals surface area contributed by atoms with Crippen molar-refractivity contribution in [2.45, 2.75) is 33.2 Å². The summed E-state index contributed by atoms with van der Waals surface area (Å²) in [7, 11) is 0. The number of hydrogen-bond donors (Lipinski definition) is 2. The van der Waals surface area contributed by atoms with Crippen molar-refractivity contribution in [1.29, 1.82) is 0 Å². The summed E-state index contributed by atoms with van der Waals surface area (Å²) in [5.74, 6) is 1.06. The fourth-order valence-electron chi connectivity index (χ4n) is 2.85. The minimum absolute atomic E-state index is 0. The third-order valence-electron chi connectivity index (χ3n) is 3.83. The number of aryl methyl sites for hydroxylation is 1. The standard InChI is InChI=1S/C16H26N2O.2ClH/c1-12(2)10-15(18-8-6-17-7-9-18)14-11-13(3)4-5-16(14)19;;/h4-5,11-12,15,17,19H,6-10H2,1-3H3;2*1H/t15-;;/m0../s1. The number of benzene rings is 1. The molecule has 0 radical (unpaired) electrons. The number of phenolic OH excluding ortho intramolecular Hbond substituents is 1. The molecule has 0 aliphatic carbocycles. The molecule has 1 atom stereocenters. The maximum absolute atomic E-state index is 10.2. The van der Waals surface area contributed by atoms with Gasteiger partial charge in [-0.05, 0) is 25.3 Å². The second kappa shape index (κ2) is 9.52. The number of nitrogens with one attached hydrogen (secondary N) is 1. The molecule has 1 aliphatic heterocycles. The van der Waals surface area contributed by atoms with Gasteiger partial charge in [0.2, 0.25) is 0 Å². The second-order valence-electron chi connectivity index (χ2n) is 5.99. The van der Waals surface area contributed by atoms with E-state index in [0.717, 1.165) is 38.2 Å². The summed E-state index contributed by atoms with van der Waals surface area (Å²) >= 11 is 0. The maximum Gasteiger partial charge on any atom is 0.120 e. The Hall–Kier alpha value is -0.480. The van der Waals surface area contributed by atoms with Gasteiger partial charge in [-0.1, -0.05) is 31.5 Å². The van der Waals surface area contributed by atoms with Crippen LogP contribution >= 0.6 is 24.8 Å². The molecule has 3 nitrogen and oxygen atoms in total. The van der Waals surface area contributed by atoms with E-state index in [2.05, 4.69) is 37.1 Å². The quantitative estimate of drug-likeness (QED) is 0.883. The van der Waals surface area contributed by atoms with Crippen LogP contribution < -0.4 is 5.32 Å². The van der Waals surface area contributed by atoms with E-state index in [1.807, 2.05) is 12.1 Å². The topological polar surface area (TPSA) is 35.5 Å². The number of rotatable bonds is 4. The third kappa shape index (κ3) is 5.67. The van der Waals surface area contributed by atoms with E-state index in [1.165, 1.54) is 5.56 Å². The van der Waals surface area contributed by atoms with Gasteiger partial charge in [-0.15, -0.1) is 24.8 Å². The first-order valence-corrected chi connectivity index (χ1v) is 7.32. The lowest BCUT2D eigenvalue weighted by Crippen LogP contribution is -2.45. The van der Waals surface area contributed by atoms with Gasteiger partial charge < -0.3 is 10.4 Å². The molecule has 0 amide bonds. The number of aromatic hydroxyl groups is 1. The summed E-state index contributed by atoms with van der Waals surface area (Å²) in [6.45, 7) is 10.8. The van der Waals surface area contributed by atoms with Crippen LogP contribution in [0.3, 0.4) is 0 Å². The number of piperazine rings is 1. The van der Waals surface area contributed by atoms with Crippen LogP contribution in [0.5, 0.6) is 5.75 Å². The lowest BCUT2D eigenvalue weighted by atomic mass is 9.93. The van der Waals surface area contributed by atoms with Gasteiger partial charge in [0.05, 0.1) is 0 Å². The summed E-state index contributed by atoms with van der Waals surface area (Å²) in [6, 6.07) is 6.29. The number of hydrogen-bond acceptors (Lipinski definition) is 3. The highest BCUT2D eigenvalue weighted by Crippen LogP contribution is 2.34. The van der Waals surface area contributed by atoms with Gasteiger partial charge in [0.25, 0.3) is 0 Å². The largest absolute Gasteiger partial charge is 0.508 e. The molecule has 2 rings (SSSR count). The predicted octanol–water partition coefficient (Wildman–Crippen LogP) is 3.54. The van der Waals surface area contributed by atoms with E-state index < -0.39 is 0 Å².